The number of aromatic nitrogens is 1. The highest BCUT2D eigenvalue weighted by Crippen LogP contribution is 2.18. The number of Topliss-reactive ketones (excluding diaryl/α,β-unsaturated/α-hetero) is 1. The Morgan fingerprint density at radius 1 is 1.38 bits per heavy atom. The number of nitrogens with zero attached hydrogens (tertiary/aromatic N) is 1. The molecule has 1 N–H and O–H groups in total. The second-order valence-electron chi connectivity index (χ2n) is 3.68. The van der Waals surface area contributed by atoms with E-state index < -0.39 is 0 Å². The molecule has 0 radical (unpaired) electrons. The second-order valence-corrected chi connectivity index (χ2v) is 3.68. The Bertz CT molecular complexity index is 503. The number of hydrogen-bond donors (Lipinski definition) is 1. The number of fused-ring (bicyclic) bond motifs is 1. The van der Waals surface area contributed by atoms with Gasteiger partial charge in [0.1, 0.15) is 0 Å². The van der Waals surface area contributed by atoms with Gasteiger partial charge in [0.25, 0.3) is 0 Å². The smallest absolute Gasteiger partial charge is 0.164 e. The van der Waals surface area contributed by atoms with Crippen molar-refractivity contribution in [1.82, 2.24) is 10.3 Å². The van der Waals surface area contributed by atoms with Crippen LogP contribution in [0.3, 0.4) is 0 Å². The van der Waals surface area contributed by atoms with E-state index in [-0.39, 0.29) is 5.78 Å². The van der Waals surface area contributed by atoms with Gasteiger partial charge in [-0.3, -0.25) is 9.78 Å². The molecule has 1 aromatic carbocycles. The number of hydrogen-bond acceptors (Lipinski definition) is 3. The average molecular weight is 214 g/mol. The van der Waals surface area contributed by atoms with E-state index in [1.165, 1.54) is 0 Å². The predicted octanol–water partition coefficient (Wildman–Crippen LogP) is 2.03. The van der Waals surface area contributed by atoms with E-state index in [4.69, 9.17) is 0 Å². The van der Waals surface area contributed by atoms with Crippen LogP contribution in [0.4, 0.5) is 0 Å². The maximum absolute atomic E-state index is 11.9. The zero-order valence-electron chi connectivity index (χ0n) is 9.23. The first-order valence-electron chi connectivity index (χ1n) is 5.33. The van der Waals surface area contributed by atoms with Gasteiger partial charge in [-0.2, -0.15) is 0 Å². The predicted molar refractivity (Wildman–Crippen MR) is 64.6 cm³/mol. The van der Waals surface area contributed by atoms with Gasteiger partial charge in [0.05, 0.1) is 0 Å². The SMILES string of the molecule is CNCCC(=O)c1cccc2ccncc12. The van der Waals surface area contributed by atoms with Gasteiger partial charge < -0.3 is 5.32 Å². The Kier molecular flexibility index (Phi) is 3.27. The highest BCUT2D eigenvalue weighted by molar-refractivity contribution is 6.07. The van der Waals surface area contributed by atoms with Gasteiger partial charge in [-0.25, -0.2) is 0 Å². The average Bonchev–Trinajstić information content (AvgIpc) is 2.35. The van der Waals surface area contributed by atoms with Crippen LogP contribution < -0.4 is 5.32 Å². The van der Waals surface area contributed by atoms with Gasteiger partial charge >= 0.3 is 0 Å². The van der Waals surface area contributed by atoms with Gasteiger partial charge in [0.15, 0.2) is 5.78 Å². The number of benzene rings is 1. The standard InChI is InChI=1S/C13H14N2O/c1-14-7-6-13(16)11-4-2-3-10-5-8-15-9-12(10)11/h2-5,8-9,14H,6-7H2,1H3. The van der Waals surface area contributed by atoms with Gasteiger partial charge in [-0.05, 0) is 18.5 Å². The Balaban J connectivity index is 2.40. The minimum Gasteiger partial charge on any atom is -0.319 e. The molecule has 0 saturated heterocycles. The van der Waals surface area contributed by atoms with Crippen molar-refractivity contribution < 1.29 is 4.79 Å². The highest BCUT2D eigenvalue weighted by Gasteiger charge is 2.08. The van der Waals surface area contributed by atoms with Crippen LogP contribution in [0.25, 0.3) is 10.8 Å². The quantitative estimate of drug-likeness (QED) is 0.792. The summed E-state index contributed by atoms with van der Waals surface area (Å²) in [5.74, 6) is 0.160. The maximum Gasteiger partial charge on any atom is 0.164 e. The first-order chi connectivity index (χ1) is 7.83. The summed E-state index contributed by atoms with van der Waals surface area (Å²) in [5, 5.41) is 4.98. The van der Waals surface area contributed by atoms with Gasteiger partial charge in [-0.15, -0.1) is 0 Å². The summed E-state index contributed by atoms with van der Waals surface area (Å²) in [7, 11) is 1.85. The van der Waals surface area contributed by atoms with Crippen molar-refractivity contribution in [2.24, 2.45) is 0 Å². The molecule has 3 nitrogen and oxygen atoms in total. The third-order valence-electron chi connectivity index (χ3n) is 2.59. The van der Waals surface area contributed by atoms with Gasteiger partial charge in [0.2, 0.25) is 0 Å². The molecule has 0 fully saturated rings. The fourth-order valence-corrected chi connectivity index (χ4v) is 1.73. The van der Waals surface area contributed by atoms with Crippen molar-refractivity contribution in [3.05, 3.63) is 42.2 Å². The monoisotopic (exact) mass is 214 g/mol. The maximum atomic E-state index is 11.9. The molecule has 0 unspecified atom stereocenters. The van der Waals surface area contributed by atoms with Crippen LogP contribution in [-0.2, 0) is 0 Å². The molecule has 0 amide bonds. The van der Waals surface area contributed by atoms with E-state index in [0.29, 0.717) is 13.0 Å². The van der Waals surface area contributed by atoms with Crippen LogP contribution in [0.1, 0.15) is 16.8 Å². The van der Waals surface area contributed by atoms with Crippen LogP contribution in [0, 0.1) is 0 Å². The van der Waals surface area contributed by atoms with Crippen molar-refractivity contribution >= 4 is 16.6 Å². The molecule has 16 heavy (non-hydrogen) atoms. The second kappa shape index (κ2) is 4.86. The van der Waals surface area contributed by atoms with Crippen LogP contribution in [0.5, 0.6) is 0 Å². The van der Waals surface area contributed by atoms with Gasteiger partial charge in [0, 0.05) is 36.3 Å². The number of pyridine rings is 1. The largest absolute Gasteiger partial charge is 0.319 e. The van der Waals surface area contributed by atoms with Crippen molar-refractivity contribution in [2.45, 2.75) is 6.42 Å². The zero-order chi connectivity index (χ0) is 11.4. The van der Waals surface area contributed by atoms with Crippen LogP contribution in [0.2, 0.25) is 0 Å². The molecule has 82 valence electrons. The molecule has 0 aliphatic heterocycles. The lowest BCUT2D eigenvalue weighted by Crippen LogP contribution is -2.13. The minimum atomic E-state index is 0.160. The minimum absolute atomic E-state index is 0.160. The topological polar surface area (TPSA) is 42.0 Å². The molecule has 3 heteroatoms. The summed E-state index contributed by atoms with van der Waals surface area (Å²) in [6.07, 6.45) is 4.01. The molecular weight excluding hydrogens is 200 g/mol. The van der Waals surface area contributed by atoms with Crippen molar-refractivity contribution in [1.29, 1.82) is 0 Å². The number of carbonyl (C=O) groups is 1. The normalized spacial score (nSPS) is 10.6. The molecule has 0 aliphatic rings. The molecular formula is C13H14N2O. The lowest BCUT2D eigenvalue weighted by Gasteiger charge is -2.04. The number of carbonyl (C=O) groups excluding carboxylic acids is 1. The molecule has 0 aliphatic carbocycles. The lowest BCUT2D eigenvalue weighted by molar-refractivity contribution is 0.0985. The van der Waals surface area contributed by atoms with Gasteiger partial charge in [-0.1, -0.05) is 18.2 Å². The molecule has 0 bridgehead atoms. The summed E-state index contributed by atoms with van der Waals surface area (Å²) in [6, 6.07) is 7.69. The third-order valence-corrected chi connectivity index (χ3v) is 2.59. The number of nitrogens with one attached hydrogen (secondary N) is 1. The first kappa shape index (κ1) is 10.8. The summed E-state index contributed by atoms with van der Waals surface area (Å²) in [4.78, 5) is 16.0. The molecule has 0 spiro atoms. The molecule has 2 rings (SSSR count). The molecule has 1 heterocycles. The Morgan fingerprint density at radius 2 is 2.25 bits per heavy atom. The summed E-state index contributed by atoms with van der Waals surface area (Å²) in [5.41, 5.74) is 0.765. The Labute approximate surface area is 94.5 Å². The number of ketones is 1. The Hall–Kier alpha value is -1.74. The summed E-state index contributed by atoms with van der Waals surface area (Å²) >= 11 is 0. The van der Waals surface area contributed by atoms with E-state index in [9.17, 15) is 4.79 Å². The fourth-order valence-electron chi connectivity index (χ4n) is 1.73. The van der Waals surface area contributed by atoms with Crippen LogP contribution in [-0.4, -0.2) is 24.4 Å². The van der Waals surface area contributed by atoms with E-state index in [1.54, 1.807) is 12.4 Å². The molecule has 1 aromatic heterocycles. The fraction of sp³-hybridized carbons (Fsp3) is 0.231. The summed E-state index contributed by atoms with van der Waals surface area (Å²) < 4.78 is 0. The molecule has 0 saturated carbocycles. The van der Waals surface area contributed by atoms with E-state index in [1.807, 2.05) is 31.3 Å². The van der Waals surface area contributed by atoms with E-state index in [2.05, 4.69) is 10.3 Å². The third kappa shape index (κ3) is 2.09. The number of rotatable bonds is 4. The van der Waals surface area contributed by atoms with Crippen molar-refractivity contribution in [3.8, 4) is 0 Å². The van der Waals surface area contributed by atoms with Crippen molar-refractivity contribution in [2.75, 3.05) is 13.6 Å². The van der Waals surface area contributed by atoms with Crippen molar-refractivity contribution in [3.63, 3.8) is 0 Å². The van der Waals surface area contributed by atoms with E-state index in [0.717, 1.165) is 16.3 Å². The molecule has 0 atom stereocenters. The summed E-state index contributed by atoms with van der Waals surface area (Å²) in [6.45, 7) is 0.704. The van der Waals surface area contributed by atoms with Crippen LogP contribution >= 0.6 is 0 Å². The van der Waals surface area contributed by atoms with E-state index >= 15 is 0 Å². The van der Waals surface area contributed by atoms with Crippen LogP contribution in [0.15, 0.2) is 36.7 Å². The highest BCUT2D eigenvalue weighted by atomic mass is 16.1. The molecule has 2 aromatic rings. The lowest BCUT2D eigenvalue weighted by atomic mass is 10.0. The zero-order valence-corrected chi connectivity index (χ0v) is 9.23. The Morgan fingerprint density at radius 3 is 3.06 bits per heavy atom. The first-order valence-corrected chi connectivity index (χ1v) is 5.33.